The van der Waals surface area contributed by atoms with Gasteiger partial charge in [0.2, 0.25) is 0 Å². The zero-order chi connectivity index (χ0) is 25.6. The number of halogens is 5. The van der Waals surface area contributed by atoms with Crippen LogP contribution in [0.2, 0.25) is 0 Å². The van der Waals surface area contributed by atoms with Gasteiger partial charge in [0.15, 0.2) is 0 Å². The molecule has 0 saturated carbocycles. The zero-order valence-electron chi connectivity index (χ0n) is 18.9. The molecule has 4 aromatic rings. The van der Waals surface area contributed by atoms with Crippen molar-refractivity contribution in [3.63, 3.8) is 0 Å². The lowest BCUT2D eigenvalue weighted by Gasteiger charge is -2.26. The van der Waals surface area contributed by atoms with Crippen molar-refractivity contribution in [2.45, 2.75) is 32.0 Å². The average Bonchev–Trinajstić information content (AvgIpc) is 3.44. The summed E-state index contributed by atoms with van der Waals surface area (Å²) in [5.41, 5.74) is 1.49. The van der Waals surface area contributed by atoms with Crippen LogP contribution in [0.4, 0.5) is 27.6 Å². The van der Waals surface area contributed by atoms with Gasteiger partial charge in [0, 0.05) is 17.3 Å². The lowest BCUT2D eigenvalue weighted by molar-refractivity contribution is -0.134. The van der Waals surface area contributed by atoms with Crippen molar-refractivity contribution in [3.8, 4) is 16.9 Å². The Kier molecular flexibility index (Phi) is 5.81. The lowest BCUT2D eigenvalue weighted by atomic mass is 10.1. The summed E-state index contributed by atoms with van der Waals surface area (Å²) in [5, 5.41) is 7.95. The van der Waals surface area contributed by atoms with Crippen molar-refractivity contribution in [1.29, 1.82) is 0 Å². The Morgan fingerprint density at radius 2 is 1.86 bits per heavy atom. The van der Waals surface area contributed by atoms with E-state index in [0.29, 0.717) is 10.5 Å². The second kappa shape index (κ2) is 8.85. The molecule has 5 rings (SSSR count). The number of amides is 1. The Balaban J connectivity index is 1.46. The van der Waals surface area contributed by atoms with Crippen LogP contribution in [0.5, 0.6) is 0 Å². The molecule has 1 aliphatic heterocycles. The summed E-state index contributed by atoms with van der Waals surface area (Å²) >= 11 is 0. The molecular formula is C24H19F5N6O. The third-order valence-electron chi connectivity index (χ3n) is 6.00. The predicted octanol–water partition coefficient (Wildman–Crippen LogP) is 4.80. The second-order valence-electron chi connectivity index (χ2n) is 8.50. The molecule has 1 aliphatic rings. The molecule has 0 bridgehead atoms. The van der Waals surface area contributed by atoms with E-state index in [1.54, 1.807) is 19.2 Å². The second-order valence-corrected chi connectivity index (χ2v) is 8.50. The Bertz CT molecular complexity index is 1440. The number of anilines is 1. The monoisotopic (exact) mass is 502 g/mol. The predicted molar refractivity (Wildman–Crippen MR) is 119 cm³/mol. The molecule has 36 heavy (non-hydrogen) atoms. The van der Waals surface area contributed by atoms with Crippen LogP contribution in [0.25, 0.3) is 16.9 Å². The summed E-state index contributed by atoms with van der Waals surface area (Å²) in [6, 6.07) is 6.94. The third-order valence-corrected chi connectivity index (χ3v) is 6.00. The molecule has 1 amide bonds. The van der Waals surface area contributed by atoms with Gasteiger partial charge in [-0.25, -0.2) is 18.4 Å². The topological polar surface area (TPSA) is 68.8 Å². The fourth-order valence-corrected chi connectivity index (χ4v) is 4.33. The summed E-state index contributed by atoms with van der Waals surface area (Å²) in [4.78, 5) is 17.9. The van der Waals surface area contributed by atoms with E-state index in [-0.39, 0.29) is 35.5 Å². The van der Waals surface area contributed by atoms with E-state index in [9.17, 15) is 26.7 Å². The average molecular weight is 502 g/mol. The van der Waals surface area contributed by atoms with Gasteiger partial charge >= 0.3 is 6.18 Å². The van der Waals surface area contributed by atoms with E-state index in [1.165, 1.54) is 41.4 Å². The SMILES string of the molecule is Cc1cn(-c2ccc(-c3cn([C@@H]4CCc5c(F)cccc5N(CC(F)(F)F)C4=O)nn3)cc2F)cn1. The molecule has 2 aromatic heterocycles. The Morgan fingerprint density at radius 1 is 1.06 bits per heavy atom. The number of carbonyl (C=O) groups is 1. The molecule has 1 atom stereocenters. The number of hydrogen-bond donors (Lipinski definition) is 0. The van der Waals surface area contributed by atoms with E-state index in [4.69, 9.17) is 0 Å². The standard InChI is InChI=1S/C24H19F5N6O/c1-14-10-33(13-30-14)21-7-5-15(9-18(21)26)19-11-35(32-31-19)22-8-6-16-17(25)3-2-4-20(16)34(23(22)36)12-24(27,28)29/h2-5,7,9-11,13,22H,6,8,12H2,1H3/t22-/m1/s1. The quantitative estimate of drug-likeness (QED) is 0.376. The first-order valence-corrected chi connectivity index (χ1v) is 11.0. The highest BCUT2D eigenvalue weighted by Gasteiger charge is 2.40. The molecule has 3 heterocycles. The number of fused-ring (bicyclic) bond motifs is 1. The minimum Gasteiger partial charge on any atom is -0.303 e. The van der Waals surface area contributed by atoms with Gasteiger partial charge in [-0.2, -0.15) is 13.2 Å². The first-order valence-electron chi connectivity index (χ1n) is 11.0. The van der Waals surface area contributed by atoms with Crippen LogP contribution in [0, 0.1) is 18.6 Å². The minimum absolute atomic E-state index is 0.0111. The van der Waals surface area contributed by atoms with Gasteiger partial charge in [-0.05, 0) is 44.0 Å². The molecule has 0 radical (unpaired) electrons. The van der Waals surface area contributed by atoms with Crippen LogP contribution in [0.15, 0.2) is 55.1 Å². The zero-order valence-corrected chi connectivity index (χ0v) is 18.9. The number of carbonyl (C=O) groups excluding carboxylic acids is 1. The van der Waals surface area contributed by atoms with E-state index in [2.05, 4.69) is 15.3 Å². The van der Waals surface area contributed by atoms with Crippen LogP contribution in [0.3, 0.4) is 0 Å². The number of imidazole rings is 1. The van der Waals surface area contributed by atoms with Gasteiger partial charge in [-0.3, -0.25) is 4.79 Å². The van der Waals surface area contributed by atoms with Crippen molar-refractivity contribution < 1.29 is 26.7 Å². The Hall–Kier alpha value is -4.09. The highest BCUT2D eigenvalue weighted by molar-refractivity contribution is 5.97. The first kappa shape index (κ1) is 23.6. The Labute approximate surface area is 201 Å². The van der Waals surface area contributed by atoms with Crippen LogP contribution < -0.4 is 4.90 Å². The van der Waals surface area contributed by atoms with Crippen molar-refractivity contribution in [2.24, 2.45) is 0 Å². The summed E-state index contributed by atoms with van der Waals surface area (Å²) in [6.07, 6.45) is -0.146. The van der Waals surface area contributed by atoms with Crippen LogP contribution in [-0.4, -0.2) is 43.2 Å². The number of rotatable bonds is 4. The van der Waals surface area contributed by atoms with Gasteiger partial charge in [0.1, 0.15) is 29.9 Å². The normalized spacial score (nSPS) is 16.2. The van der Waals surface area contributed by atoms with E-state index >= 15 is 0 Å². The molecule has 186 valence electrons. The molecule has 2 aromatic carbocycles. The largest absolute Gasteiger partial charge is 0.406 e. The first-order chi connectivity index (χ1) is 17.1. The number of hydrogen-bond acceptors (Lipinski definition) is 4. The fraction of sp³-hybridized carbons (Fsp3) is 0.250. The number of nitrogens with zero attached hydrogens (tertiary/aromatic N) is 6. The molecule has 7 nitrogen and oxygen atoms in total. The lowest BCUT2D eigenvalue weighted by Crippen LogP contribution is -2.42. The van der Waals surface area contributed by atoms with Gasteiger partial charge in [0.25, 0.3) is 5.91 Å². The van der Waals surface area contributed by atoms with Crippen molar-refractivity contribution in [3.05, 3.63) is 78.0 Å². The van der Waals surface area contributed by atoms with Crippen LogP contribution in [-0.2, 0) is 11.2 Å². The third kappa shape index (κ3) is 4.45. The highest BCUT2D eigenvalue weighted by Crippen LogP contribution is 2.35. The fourth-order valence-electron chi connectivity index (χ4n) is 4.33. The van der Waals surface area contributed by atoms with Crippen molar-refractivity contribution >= 4 is 11.6 Å². The molecular weight excluding hydrogens is 483 g/mol. The van der Waals surface area contributed by atoms with Crippen molar-refractivity contribution in [1.82, 2.24) is 24.5 Å². The van der Waals surface area contributed by atoms with Gasteiger partial charge in [-0.1, -0.05) is 17.3 Å². The van der Waals surface area contributed by atoms with Crippen LogP contribution in [0.1, 0.15) is 23.7 Å². The molecule has 0 N–H and O–H groups in total. The molecule has 0 spiro atoms. The van der Waals surface area contributed by atoms with E-state index < -0.39 is 36.3 Å². The maximum atomic E-state index is 14.8. The van der Waals surface area contributed by atoms with Crippen molar-refractivity contribution in [2.75, 3.05) is 11.4 Å². The molecule has 0 aliphatic carbocycles. The van der Waals surface area contributed by atoms with Gasteiger partial charge < -0.3 is 9.47 Å². The summed E-state index contributed by atoms with van der Waals surface area (Å²) in [5.74, 6) is -2.12. The molecule has 0 fully saturated rings. The number of benzene rings is 2. The molecule has 12 heteroatoms. The molecule has 0 unspecified atom stereocenters. The summed E-state index contributed by atoms with van der Waals surface area (Å²) < 4.78 is 71.9. The maximum absolute atomic E-state index is 14.8. The van der Waals surface area contributed by atoms with E-state index in [0.717, 1.165) is 16.4 Å². The van der Waals surface area contributed by atoms with Gasteiger partial charge in [0.05, 0.1) is 29.6 Å². The summed E-state index contributed by atoms with van der Waals surface area (Å²) in [6.45, 7) is 0.208. The van der Waals surface area contributed by atoms with Gasteiger partial charge in [-0.15, -0.1) is 5.10 Å². The Morgan fingerprint density at radius 3 is 2.56 bits per heavy atom. The number of aromatic nitrogens is 5. The summed E-state index contributed by atoms with van der Waals surface area (Å²) in [7, 11) is 0. The number of aryl methyl sites for hydroxylation is 1. The van der Waals surface area contributed by atoms with E-state index in [1.807, 2.05) is 0 Å². The minimum atomic E-state index is -4.70. The molecule has 0 saturated heterocycles. The highest BCUT2D eigenvalue weighted by atomic mass is 19.4. The maximum Gasteiger partial charge on any atom is 0.406 e. The van der Waals surface area contributed by atoms with Crippen LogP contribution >= 0.6 is 0 Å². The smallest absolute Gasteiger partial charge is 0.303 e. The number of alkyl halides is 3.